The fourth-order valence-corrected chi connectivity index (χ4v) is 4.99. The second-order valence-electron chi connectivity index (χ2n) is 9.94. The number of aliphatic hydroxyl groups is 1. The van der Waals surface area contributed by atoms with Gasteiger partial charge in [0.1, 0.15) is 22.9 Å². The Kier molecular flexibility index (Phi) is 6.44. The van der Waals surface area contributed by atoms with Crippen LogP contribution < -0.4 is 21.5 Å². The van der Waals surface area contributed by atoms with E-state index in [1.54, 1.807) is 30.9 Å². The fraction of sp³-hybridized carbons (Fsp3) is 0.520. The minimum absolute atomic E-state index is 0.109. The second kappa shape index (κ2) is 9.55. The van der Waals surface area contributed by atoms with E-state index < -0.39 is 6.10 Å². The molecule has 0 aliphatic heterocycles. The molecule has 36 heavy (non-hydrogen) atoms. The molecule has 2 atom stereocenters. The zero-order valence-electron chi connectivity index (χ0n) is 20.8. The molecule has 3 aromatic heterocycles. The first-order valence-corrected chi connectivity index (χ1v) is 12.4. The van der Waals surface area contributed by atoms with E-state index >= 15 is 0 Å². The summed E-state index contributed by atoms with van der Waals surface area (Å²) >= 11 is 0. The first kappa shape index (κ1) is 24.3. The van der Waals surface area contributed by atoms with Gasteiger partial charge in [-0.15, -0.1) is 0 Å². The van der Waals surface area contributed by atoms with Gasteiger partial charge in [0.15, 0.2) is 5.65 Å². The SMILES string of the molecule is CNc1cc(Nc2cccn(C3CCC(C)(OC)CC3)c2=O)nc2c(C(=O)NC3CC[C@H]3O)cnn12. The molecule has 1 unspecified atom stereocenters. The van der Waals surface area contributed by atoms with Crippen molar-refractivity contribution in [3.8, 4) is 0 Å². The highest BCUT2D eigenvalue weighted by Gasteiger charge is 2.33. The van der Waals surface area contributed by atoms with Crippen molar-refractivity contribution in [1.82, 2.24) is 24.5 Å². The van der Waals surface area contributed by atoms with Crippen LogP contribution in [0.5, 0.6) is 0 Å². The Hall–Kier alpha value is -3.44. The van der Waals surface area contributed by atoms with E-state index in [1.165, 1.54) is 10.7 Å². The highest BCUT2D eigenvalue weighted by molar-refractivity contribution is 6.00. The molecule has 3 heterocycles. The molecule has 1 amide bonds. The highest BCUT2D eigenvalue weighted by atomic mass is 16.5. The van der Waals surface area contributed by atoms with Crippen LogP contribution in [0, 0.1) is 0 Å². The molecule has 0 bridgehead atoms. The van der Waals surface area contributed by atoms with Gasteiger partial charge >= 0.3 is 0 Å². The smallest absolute Gasteiger partial charge is 0.274 e. The van der Waals surface area contributed by atoms with Crippen LogP contribution in [0.25, 0.3) is 5.65 Å². The van der Waals surface area contributed by atoms with Crippen molar-refractivity contribution in [3.05, 3.63) is 46.5 Å². The van der Waals surface area contributed by atoms with E-state index in [2.05, 4.69) is 33.0 Å². The standard InChI is InChI=1S/C25H33N7O4/c1-25(36-3)10-8-15(9-11-25)31-12-4-5-18(24(31)35)28-20-13-21(26-2)32-22(30-20)16(14-27-32)23(34)29-17-6-7-19(17)33/h4-5,12-15,17,19,26,33H,6-11H2,1-3H3,(H,28,30)(H,29,34)/t15?,17?,19-,25?/m1/s1. The molecule has 2 saturated carbocycles. The van der Waals surface area contributed by atoms with Crippen molar-refractivity contribution in [2.75, 3.05) is 24.8 Å². The third-order valence-corrected chi connectivity index (χ3v) is 7.66. The van der Waals surface area contributed by atoms with Crippen LogP contribution in [0.4, 0.5) is 17.3 Å². The number of amides is 1. The van der Waals surface area contributed by atoms with Crippen molar-refractivity contribution >= 4 is 28.9 Å². The molecule has 11 nitrogen and oxygen atoms in total. The van der Waals surface area contributed by atoms with Gasteiger partial charge in [-0.2, -0.15) is 9.61 Å². The quantitative estimate of drug-likeness (QED) is 0.393. The average Bonchev–Trinajstić information content (AvgIpc) is 3.32. The zero-order valence-corrected chi connectivity index (χ0v) is 20.8. The number of rotatable bonds is 7. The molecule has 2 aliphatic rings. The van der Waals surface area contributed by atoms with Crippen LogP contribution in [0.1, 0.15) is 61.8 Å². The summed E-state index contributed by atoms with van der Waals surface area (Å²) in [5.74, 6) is 0.672. The molecule has 3 aromatic rings. The molecule has 11 heteroatoms. The van der Waals surface area contributed by atoms with Gasteiger partial charge in [-0.1, -0.05) is 0 Å². The van der Waals surface area contributed by atoms with E-state index in [0.717, 1.165) is 32.1 Å². The van der Waals surface area contributed by atoms with E-state index in [-0.39, 0.29) is 29.2 Å². The summed E-state index contributed by atoms with van der Waals surface area (Å²) in [6, 6.07) is 5.17. The summed E-state index contributed by atoms with van der Waals surface area (Å²) < 4.78 is 8.97. The maximum Gasteiger partial charge on any atom is 0.274 e. The molecular formula is C25H33N7O4. The molecule has 192 valence electrons. The predicted molar refractivity (Wildman–Crippen MR) is 136 cm³/mol. The van der Waals surface area contributed by atoms with Crippen molar-refractivity contribution in [2.45, 2.75) is 69.2 Å². The number of ether oxygens (including phenoxy) is 1. The Balaban J connectivity index is 1.42. The van der Waals surface area contributed by atoms with Gasteiger partial charge in [-0.05, 0) is 57.6 Å². The lowest BCUT2D eigenvalue weighted by Crippen LogP contribution is -2.50. The highest BCUT2D eigenvalue weighted by Crippen LogP contribution is 2.36. The van der Waals surface area contributed by atoms with Gasteiger partial charge in [0, 0.05) is 32.5 Å². The monoisotopic (exact) mass is 495 g/mol. The van der Waals surface area contributed by atoms with Gasteiger partial charge in [0.05, 0.1) is 23.9 Å². The Morgan fingerprint density at radius 2 is 2.03 bits per heavy atom. The zero-order chi connectivity index (χ0) is 25.4. The van der Waals surface area contributed by atoms with Gasteiger partial charge in [-0.25, -0.2) is 4.98 Å². The van der Waals surface area contributed by atoms with Crippen LogP contribution in [-0.2, 0) is 4.74 Å². The summed E-state index contributed by atoms with van der Waals surface area (Å²) in [6.07, 6.45) is 7.70. The Morgan fingerprint density at radius 1 is 1.25 bits per heavy atom. The number of hydrogen-bond donors (Lipinski definition) is 4. The van der Waals surface area contributed by atoms with Crippen LogP contribution in [-0.4, -0.2) is 62.1 Å². The lowest BCUT2D eigenvalue weighted by Gasteiger charge is -2.36. The number of methoxy groups -OCH3 is 1. The van der Waals surface area contributed by atoms with Crippen LogP contribution in [0.2, 0.25) is 0 Å². The largest absolute Gasteiger partial charge is 0.391 e. The van der Waals surface area contributed by atoms with E-state index in [9.17, 15) is 14.7 Å². The molecule has 0 spiro atoms. The van der Waals surface area contributed by atoms with Gasteiger partial charge in [0.25, 0.3) is 11.5 Å². The minimum atomic E-state index is -0.526. The lowest BCUT2D eigenvalue weighted by molar-refractivity contribution is -0.0324. The van der Waals surface area contributed by atoms with Gasteiger partial charge in [-0.3, -0.25) is 9.59 Å². The minimum Gasteiger partial charge on any atom is -0.391 e. The number of aliphatic hydroxyl groups excluding tert-OH is 1. The van der Waals surface area contributed by atoms with Crippen molar-refractivity contribution in [2.24, 2.45) is 0 Å². The number of fused-ring (bicyclic) bond motifs is 1. The van der Waals surface area contributed by atoms with Crippen molar-refractivity contribution < 1.29 is 14.6 Å². The lowest BCUT2D eigenvalue weighted by atomic mass is 9.83. The van der Waals surface area contributed by atoms with Crippen LogP contribution in [0.3, 0.4) is 0 Å². The molecule has 4 N–H and O–H groups in total. The summed E-state index contributed by atoms with van der Waals surface area (Å²) in [6.45, 7) is 2.12. The number of nitrogens with zero attached hydrogens (tertiary/aromatic N) is 4. The first-order valence-electron chi connectivity index (χ1n) is 12.4. The van der Waals surface area contributed by atoms with Gasteiger partial charge < -0.3 is 30.4 Å². The number of pyridine rings is 1. The molecule has 0 aromatic carbocycles. The number of hydrogen-bond acceptors (Lipinski definition) is 8. The van der Waals surface area contributed by atoms with Crippen molar-refractivity contribution in [3.63, 3.8) is 0 Å². The van der Waals surface area contributed by atoms with Crippen LogP contribution >= 0.6 is 0 Å². The Bertz CT molecular complexity index is 1330. The van der Waals surface area contributed by atoms with Crippen LogP contribution in [0.15, 0.2) is 35.4 Å². The molecule has 0 saturated heterocycles. The average molecular weight is 496 g/mol. The third kappa shape index (κ3) is 4.44. The molecule has 0 radical (unpaired) electrons. The van der Waals surface area contributed by atoms with E-state index in [1.807, 2.05) is 12.3 Å². The van der Waals surface area contributed by atoms with Gasteiger partial charge in [0.2, 0.25) is 0 Å². The summed E-state index contributed by atoms with van der Waals surface area (Å²) in [5.41, 5.74) is 0.785. The summed E-state index contributed by atoms with van der Waals surface area (Å²) in [5, 5.41) is 23.2. The Morgan fingerprint density at radius 3 is 2.67 bits per heavy atom. The number of carbonyl (C=O) groups is 1. The summed E-state index contributed by atoms with van der Waals surface area (Å²) in [7, 11) is 3.49. The topological polar surface area (TPSA) is 135 Å². The Labute approximate surface area is 208 Å². The maximum absolute atomic E-state index is 13.4. The second-order valence-corrected chi connectivity index (χ2v) is 9.94. The number of anilines is 3. The number of carbonyl (C=O) groups excluding carboxylic acids is 1. The third-order valence-electron chi connectivity index (χ3n) is 7.66. The van der Waals surface area contributed by atoms with E-state index in [4.69, 9.17) is 4.74 Å². The number of nitrogens with one attached hydrogen (secondary N) is 3. The fourth-order valence-electron chi connectivity index (χ4n) is 4.99. The summed E-state index contributed by atoms with van der Waals surface area (Å²) in [4.78, 5) is 30.8. The normalized spacial score (nSPS) is 25.8. The molecule has 5 rings (SSSR count). The van der Waals surface area contributed by atoms with Crippen molar-refractivity contribution in [1.29, 1.82) is 0 Å². The molecule has 2 aliphatic carbocycles. The number of aromatic nitrogens is 4. The molecule has 2 fully saturated rings. The van der Waals surface area contributed by atoms with E-state index in [0.29, 0.717) is 35.0 Å². The predicted octanol–water partition coefficient (Wildman–Crippen LogP) is 2.45. The molecular weight excluding hydrogens is 462 g/mol. The first-order chi connectivity index (χ1) is 17.3. The maximum atomic E-state index is 13.4.